The number of carbonyl (C=O) groups is 1. The minimum atomic E-state index is -0.845. The van der Waals surface area contributed by atoms with Crippen LogP contribution >= 0.6 is 0 Å². The lowest BCUT2D eigenvalue weighted by Gasteiger charge is -2.33. The van der Waals surface area contributed by atoms with E-state index in [0.717, 1.165) is 5.69 Å². The van der Waals surface area contributed by atoms with E-state index in [4.69, 9.17) is 8.83 Å². The highest BCUT2D eigenvalue weighted by Gasteiger charge is 2.40. The van der Waals surface area contributed by atoms with Gasteiger partial charge in [-0.2, -0.15) is 0 Å². The summed E-state index contributed by atoms with van der Waals surface area (Å²) >= 11 is 0. The predicted octanol–water partition coefficient (Wildman–Crippen LogP) is 4.44. The molecular formula is C24H18FN5O3. The number of aromatic amines is 1. The van der Waals surface area contributed by atoms with Crippen LogP contribution in [0.4, 0.5) is 4.39 Å². The van der Waals surface area contributed by atoms with E-state index in [9.17, 15) is 4.79 Å². The molecule has 1 N–H and O–H groups in total. The van der Waals surface area contributed by atoms with Crippen LogP contribution in [0.5, 0.6) is 0 Å². The van der Waals surface area contributed by atoms with E-state index in [-0.39, 0.29) is 17.4 Å². The van der Waals surface area contributed by atoms with Crippen molar-refractivity contribution >= 4 is 16.9 Å². The number of rotatable bonds is 3. The van der Waals surface area contributed by atoms with Crippen molar-refractivity contribution in [2.75, 3.05) is 6.54 Å². The molecule has 0 fully saturated rings. The molecule has 164 valence electrons. The normalized spacial score (nSPS) is 15.7. The molecule has 1 aliphatic heterocycles. The second-order valence-electron chi connectivity index (χ2n) is 7.84. The fraction of sp³-hybridized carbons (Fsp3) is 0.167. The van der Waals surface area contributed by atoms with Gasteiger partial charge in [0.15, 0.2) is 11.6 Å². The molecular weight excluding hydrogens is 425 g/mol. The Bertz CT molecular complexity index is 1490. The maximum atomic E-state index is 15.4. The van der Waals surface area contributed by atoms with E-state index in [1.165, 1.54) is 4.90 Å². The van der Waals surface area contributed by atoms with Crippen molar-refractivity contribution in [1.82, 2.24) is 24.8 Å². The number of nitrogens with one attached hydrogen (secondary N) is 1. The summed E-state index contributed by atoms with van der Waals surface area (Å²) in [4.78, 5) is 31.3. The summed E-state index contributed by atoms with van der Waals surface area (Å²) in [7, 11) is 0. The number of hydrogen-bond acceptors (Lipinski definition) is 6. The van der Waals surface area contributed by atoms with Crippen LogP contribution in [0.15, 0.2) is 63.8 Å². The van der Waals surface area contributed by atoms with Gasteiger partial charge in [-0.1, -0.05) is 18.2 Å². The molecule has 1 atom stereocenters. The second kappa shape index (κ2) is 7.40. The van der Waals surface area contributed by atoms with Crippen molar-refractivity contribution in [2.45, 2.75) is 19.4 Å². The Hall–Kier alpha value is -4.27. The number of nitrogens with zero attached hydrogens (tertiary/aromatic N) is 4. The molecule has 0 aliphatic carbocycles. The lowest BCUT2D eigenvalue weighted by molar-refractivity contribution is 0.0636. The lowest BCUT2D eigenvalue weighted by atomic mass is 9.99. The second-order valence-corrected chi connectivity index (χ2v) is 7.84. The van der Waals surface area contributed by atoms with Crippen LogP contribution in [0.1, 0.15) is 39.4 Å². The van der Waals surface area contributed by atoms with Gasteiger partial charge in [0.25, 0.3) is 5.91 Å². The van der Waals surface area contributed by atoms with Crippen LogP contribution in [0, 0.1) is 12.7 Å². The highest BCUT2D eigenvalue weighted by atomic mass is 19.1. The third-order valence-corrected chi connectivity index (χ3v) is 5.87. The molecule has 1 amide bonds. The molecule has 5 heterocycles. The van der Waals surface area contributed by atoms with Crippen molar-refractivity contribution in [1.29, 1.82) is 0 Å². The molecule has 5 aromatic rings. The summed E-state index contributed by atoms with van der Waals surface area (Å²) in [5.41, 5.74) is 2.75. The molecule has 1 aliphatic rings. The third-order valence-electron chi connectivity index (χ3n) is 5.87. The van der Waals surface area contributed by atoms with E-state index in [0.29, 0.717) is 41.0 Å². The number of aromatic nitrogens is 4. The summed E-state index contributed by atoms with van der Waals surface area (Å²) < 4.78 is 27.2. The fourth-order valence-electron chi connectivity index (χ4n) is 4.29. The van der Waals surface area contributed by atoms with Crippen LogP contribution in [0.2, 0.25) is 0 Å². The molecule has 1 aromatic carbocycles. The standard InChI is InChI=1S/C24H18FN5O3/c1-13-21(33-23(29-13)16-7-4-5-10-26-16)24(31)30-11-9-15-19(28-12-27-15)20(30)22-18(25)14-6-2-3-8-17(14)32-22/h2-8,10,12,20H,9,11H2,1H3,(H,27,28)/t20-/m1/s1. The number of hydrogen-bond donors (Lipinski definition) is 1. The Labute approximate surface area is 187 Å². The number of imidazole rings is 1. The molecule has 0 unspecified atom stereocenters. The summed E-state index contributed by atoms with van der Waals surface area (Å²) in [5.74, 6) is -0.551. The van der Waals surface area contributed by atoms with Crippen molar-refractivity contribution in [3.63, 3.8) is 0 Å². The number of fused-ring (bicyclic) bond motifs is 2. The quantitative estimate of drug-likeness (QED) is 0.442. The molecule has 4 aromatic heterocycles. The van der Waals surface area contributed by atoms with Crippen molar-refractivity contribution in [3.8, 4) is 11.6 Å². The van der Waals surface area contributed by atoms with E-state index < -0.39 is 17.8 Å². The van der Waals surface area contributed by atoms with Gasteiger partial charge in [-0.3, -0.25) is 9.78 Å². The molecule has 33 heavy (non-hydrogen) atoms. The average molecular weight is 443 g/mol. The molecule has 0 radical (unpaired) electrons. The largest absolute Gasteiger partial charge is 0.455 e. The van der Waals surface area contributed by atoms with Crippen LogP contribution in [0.25, 0.3) is 22.6 Å². The van der Waals surface area contributed by atoms with Gasteiger partial charge in [0.1, 0.15) is 17.3 Å². The summed E-state index contributed by atoms with van der Waals surface area (Å²) in [5, 5.41) is 0.357. The van der Waals surface area contributed by atoms with Crippen LogP contribution < -0.4 is 0 Å². The average Bonchev–Trinajstić information content (AvgIpc) is 3.56. The van der Waals surface area contributed by atoms with Gasteiger partial charge >= 0.3 is 0 Å². The number of oxazole rings is 1. The molecule has 6 rings (SSSR count). The minimum absolute atomic E-state index is 0.0414. The van der Waals surface area contributed by atoms with Crippen molar-refractivity contribution in [3.05, 3.63) is 89.4 Å². The zero-order chi connectivity index (χ0) is 22.5. The molecule has 0 saturated carbocycles. The number of furan rings is 1. The number of carbonyl (C=O) groups excluding carboxylic acids is 1. The van der Waals surface area contributed by atoms with Crippen LogP contribution in [-0.4, -0.2) is 37.3 Å². The first-order valence-electron chi connectivity index (χ1n) is 10.5. The van der Waals surface area contributed by atoms with E-state index >= 15 is 4.39 Å². The Kier molecular flexibility index (Phi) is 4.36. The van der Waals surface area contributed by atoms with Gasteiger partial charge < -0.3 is 18.7 Å². The molecule has 0 saturated heterocycles. The minimum Gasteiger partial charge on any atom is -0.455 e. The summed E-state index contributed by atoms with van der Waals surface area (Å²) in [6.07, 6.45) is 3.71. The van der Waals surface area contributed by atoms with Gasteiger partial charge in [0.05, 0.1) is 23.1 Å². The lowest BCUT2D eigenvalue weighted by Crippen LogP contribution is -2.41. The van der Waals surface area contributed by atoms with E-state index in [2.05, 4.69) is 19.9 Å². The Morgan fingerprint density at radius 3 is 2.82 bits per heavy atom. The Morgan fingerprint density at radius 1 is 1.15 bits per heavy atom. The highest BCUT2D eigenvalue weighted by molar-refractivity contribution is 5.93. The molecule has 0 spiro atoms. The van der Waals surface area contributed by atoms with Crippen molar-refractivity contribution in [2.24, 2.45) is 0 Å². The van der Waals surface area contributed by atoms with Gasteiger partial charge in [-0.15, -0.1) is 0 Å². The van der Waals surface area contributed by atoms with Crippen LogP contribution in [-0.2, 0) is 6.42 Å². The summed E-state index contributed by atoms with van der Waals surface area (Å²) in [6, 6.07) is 11.4. The smallest absolute Gasteiger partial charge is 0.292 e. The maximum absolute atomic E-state index is 15.4. The monoisotopic (exact) mass is 443 g/mol. The van der Waals surface area contributed by atoms with Gasteiger partial charge in [0.2, 0.25) is 11.7 Å². The van der Waals surface area contributed by atoms with Crippen LogP contribution in [0.3, 0.4) is 0 Å². The highest BCUT2D eigenvalue weighted by Crippen LogP contribution is 2.39. The zero-order valence-electron chi connectivity index (χ0n) is 17.6. The Morgan fingerprint density at radius 2 is 2.00 bits per heavy atom. The predicted molar refractivity (Wildman–Crippen MR) is 116 cm³/mol. The maximum Gasteiger partial charge on any atom is 0.292 e. The number of amides is 1. The fourth-order valence-corrected chi connectivity index (χ4v) is 4.29. The van der Waals surface area contributed by atoms with Crippen molar-refractivity contribution < 1.29 is 18.0 Å². The first-order valence-corrected chi connectivity index (χ1v) is 10.5. The molecule has 0 bridgehead atoms. The summed E-state index contributed by atoms with van der Waals surface area (Å²) in [6.45, 7) is 2.03. The number of pyridine rings is 1. The van der Waals surface area contributed by atoms with Gasteiger partial charge in [-0.05, 0) is 31.2 Å². The third kappa shape index (κ3) is 3.04. The van der Waals surface area contributed by atoms with Gasteiger partial charge in [-0.25, -0.2) is 14.4 Å². The van der Waals surface area contributed by atoms with E-state index in [1.54, 1.807) is 55.8 Å². The molecule has 9 heteroatoms. The van der Waals surface area contributed by atoms with E-state index in [1.807, 2.05) is 6.07 Å². The number of aryl methyl sites for hydroxylation is 1. The number of halogens is 1. The SMILES string of the molecule is Cc1nc(-c2ccccn2)oc1C(=O)N1CCc2[nH]cnc2[C@@H]1c1oc2ccccc2c1F. The first kappa shape index (κ1) is 19.4. The number of H-pyrrole nitrogens is 1. The number of para-hydroxylation sites is 1. The topological polar surface area (TPSA) is 101 Å². The zero-order valence-corrected chi connectivity index (χ0v) is 17.6. The first-order chi connectivity index (χ1) is 16.1. The number of benzene rings is 1. The Balaban J connectivity index is 1.45. The van der Waals surface area contributed by atoms with Gasteiger partial charge in [0, 0.05) is 24.9 Å². The molecule has 8 nitrogen and oxygen atoms in total.